The van der Waals surface area contributed by atoms with Gasteiger partial charge in [-0.1, -0.05) is 13.8 Å². The highest BCUT2D eigenvalue weighted by molar-refractivity contribution is 7.98. The summed E-state index contributed by atoms with van der Waals surface area (Å²) in [4.78, 5) is 17.2. The van der Waals surface area contributed by atoms with E-state index in [0.717, 1.165) is 0 Å². The van der Waals surface area contributed by atoms with E-state index in [1.54, 1.807) is 38.2 Å². The van der Waals surface area contributed by atoms with Crippen LogP contribution in [0.1, 0.15) is 38.1 Å². The average molecular weight is 438 g/mol. The number of nitrogens with zero attached hydrogens (tertiary/aromatic N) is 2. The first-order valence-electron chi connectivity index (χ1n) is 9.35. The van der Waals surface area contributed by atoms with Crippen molar-refractivity contribution in [2.24, 2.45) is 0 Å². The second-order valence-electron chi connectivity index (χ2n) is 6.43. The zero-order chi connectivity index (χ0) is 21.6. The normalized spacial score (nSPS) is 11.7. The first kappa shape index (κ1) is 23.2. The minimum atomic E-state index is -3.67. The third-order valence-electron chi connectivity index (χ3n) is 4.11. The molecule has 2 aromatic rings. The molecule has 0 aliphatic heterocycles. The lowest BCUT2D eigenvalue weighted by Gasteiger charge is -2.21. The van der Waals surface area contributed by atoms with E-state index in [4.69, 9.17) is 4.74 Å². The van der Waals surface area contributed by atoms with Crippen LogP contribution in [0.3, 0.4) is 0 Å². The Kier molecular flexibility index (Phi) is 8.06. The van der Waals surface area contributed by atoms with Crippen LogP contribution in [0.2, 0.25) is 0 Å². The molecule has 1 heterocycles. The molecule has 7 nitrogen and oxygen atoms in total. The van der Waals surface area contributed by atoms with E-state index in [2.05, 4.69) is 10.3 Å². The molecule has 0 fully saturated rings. The lowest BCUT2D eigenvalue weighted by Crippen LogP contribution is -2.30. The van der Waals surface area contributed by atoms with E-state index in [-0.39, 0.29) is 16.9 Å². The third kappa shape index (κ3) is 5.49. The van der Waals surface area contributed by atoms with E-state index in [9.17, 15) is 13.2 Å². The second-order valence-corrected chi connectivity index (χ2v) is 9.16. The van der Waals surface area contributed by atoms with Crippen molar-refractivity contribution in [1.29, 1.82) is 0 Å². The standard InChI is InChI=1S/C20H27N3O4S2/c1-6-23(7-2)29(25,26)15-10-11-18(27-14(3)4)17(13-15)22-19(24)16-9-8-12-21-20(16)28-5/h8-14H,6-7H2,1-5H3,(H,22,24). The lowest BCUT2D eigenvalue weighted by molar-refractivity contribution is 0.102. The molecule has 1 N–H and O–H groups in total. The number of rotatable bonds is 9. The van der Waals surface area contributed by atoms with Gasteiger partial charge in [-0.2, -0.15) is 4.31 Å². The molecule has 0 aliphatic rings. The molecule has 0 saturated heterocycles. The van der Waals surface area contributed by atoms with Gasteiger partial charge in [-0.05, 0) is 50.4 Å². The van der Waals surface area contributed by atoms with Crippen LogP contribution in [0.5, 0.6) is 5.75 Å². The summed E-state index contributed by atoms with van der Waals surface area (Å²) in [6.07, 6.45) is 3.31. The van der Waals surface area contributed by atoms with Crippen LogP contribution in [0.4, 0.5) is 5.69 Å². The Morgan fingerprint density at radius 1 is 1.24 bits per heavy atom. The first-order valence-corrected chi connectivity index (χ1v) is 12.0. The molecule has 1 aromatic heterocycles. The summed E-state index contributed by atoms with van der Waals surface area (Å²) in [5, 5.41) is 3.38. The highest BCUT2D eigenvalue weighted by Gasteiger charge is 2.24. The van der Waals surface area contributed by atoms with Crippen LogP contribution in [0.15, 0.2) is 46.5 Å². The van der Waals surface area contributed by atoms with Crippen LogP contribution < -0.4 is 10.1 Å². The molecule has 0 aliphatic carbocycles. The predicted molar refractivity (Wildman–Crippen MR) is 116 cm³/mol. The molecule has 1 amide bonds. The number of pyridine rings is 1. The van der Waals surface area contributed by atoms with Crippen molar-refractivity contribution < 1.29 is 17.9 Å². The van der Waals surface area contributed by atoms with Crippen LogP contribution >= 0.6 is 11.8 Å². The Balaban J connectivity index is 2.48. The number of benzene rings is 1. The second kappa shape index (κ2) is 10.1. The van der Waals surface area contributed by atoms with Crippen LogP contribution in [0, 0.1) is 0 Å². The molecule has 0 radical (unpaired) electrons. The van der Waals surface area contributed by atoms with Gasteiger partial charge in [-0.25, -0.2) is 13.4 Å². The number of nitrogens with one attached hydrogen (secondary N) is 1. The summed E-state index contributed by atoms with van der Waals surface area (Å²) in [6.45, 7) is 8.01. The number of carbonyl (C=O) groups is 1. The monoisotopic (exact) mass is 437 g/mol. The van der Waals surface area contributed by atoms with Gasteiger partial charge in [0.1, 0.15) is 10.8 Å². The molecular weight excluding hydrogens is 410 g/mol. The largest absolute Gasteiger partial charge is 0.489 e. The molecule has 9 heteroatoms. The molecule has 29 heavy (non-hydrogen) atoms. The molecule has 0 atom stereocenters. The zero-order valence-electron chi connectivity index (χ0n) is 17.3. The van der Waals surface area contributed by atoms with Gasteiger partial charge in [-0.3, -0.25) is 4.79 Å². The maximum absolute atomic E-state index is 12.9. The van der Waals surface area contributed by atoms with Gasteiger partial charge in [0.25, 0.3) is 5.91 Å². The number of thioether (sulfide) groups is 1. The summed E-state index contributed by atoms with van der Waals surface area (Å²) >= 11 is 1.36. The first-order chi connectivity index (χ1) is 13.7. The summed E-state index contributed by atoms with van der Waals surface area (Å²) in [5.41, 5.74) is 0.709. The maximum atomic E-state index is 12.9. The highest BCUT2D eigenvalue weighted by atomic mass is 32.2. The Bertz CT molecular complexity index is 958. The summed E-state index contributed by atoms with van der Waals surface area (Å²) in [6, 6.07) is 7.87. The van der Waals surface area contributed by atoms with Crippen molar-refractivity contribution in [3.8, 4) is 5.75 Å². The van der Waals surface area contributed by atoms with E-state index in [1.165, 1.54) is 28.2 Å². The smallest absolute Gasteiger partial charge is 0.258 e. The number of anilines is 1. The minimum Gasteiger partial charge on any atom is -0.489 e. The fourth-order valence-electron chi connectivity index (χ4n) is 2.75. The van der Waals surface area contributed by atoms with Gasteiger partial charge in [0.2, 0.25) is 10.0 Å². The van der Waals surface area contributed by atoms with Crippen LogP contribution in [-0.4, -0.2) is 49.1 Å². The van der Waals surface area contributed by atoms with Gasteiger partial charge in [-0.15, -0.1) is 11.8 Å². The van der Waals surface area contributed by atoms with E-state index in [0.29, 0.717) is 35.1 Å². The van der Waals surface area contributed by atoms with Gasteiger partial charge in [0, 0.05) is 19.3 Å². The number of carbonyl (C=O) groups excluding carboxylic acids is 1. The molecule has 2 rings (SSSR count). The van der Waals surface area contributed by atoms with Gasteiger partial charge in [0.05, 0.1) is 22.3 Å². The van der Waals surface area contributed by atoms with Crippen molar-refractivity contribution >= 4 is 33.4 Å². The topological polar surface area (TPSA) is 88.6 Å². The average Bonchev–Trinajstić information content (AvgIpc) is 2.69. The maximum Gasteiger partial charge on any atom is 0.258 e. The molecular formula is C20H27N3O4S2. The lowest BCUT2D eigenvalue weighted by atomic mass is 10.2. The Morgan fingerprint density at radius 3 is 2.52 bits per heavy atom. The molecule has 1 aromatic carbocycles. The number of hydrogen-bond acceptors (Lipinski definition) is 6. The van der Waals surface area contributed by atoms with Crippen LogP contribution in [0.25, 0.3) is 0 Å². The summed E-state index contributed by atoms with van der Waals surface area (Å²) in [5.74, 6) is 0.0230. The summed E-state index contributed by atoms with van der Waals surface area (Å²) < 4.78 is 32.9. The quantitative estimate of drug-likeness (QED) is 0.599. The van der Waals surface area contributed by atoms with Crippen molar-refractivity contribution in [2.75, 3.05) is 24.7 Å². The summed E-state index contributed by atoms with van der Waals surface area (Å²) in [7, 11) is -3.67. The highest BCUT2D eigenvalue weighted by Crippen LogP contribution is 2.31. The molecule has 0 unspecified atom stereocenters. The predicted octanol–water partition coefficient (Wildman–Crippen LogP) is 3.87. The van der Waals surface area contributed by atoms with Gasteiger partial charge in [0.15, 0.2) is 0 Å². The fraction of sp³-hybridized carbons (Fsp3) is 0.400. The van der Waals surface area contributed by atoms with E-state index < -0.39 is 10.0 Å². The Labute approximate surface area is 176 Å². The van der Waals surface area contributed by atoms with Crippen molar-refractivity contribution in [3.05, 3.63) is 42.1 Å². The minimum absolute atomic E-state index is 0.101. The molecule has 0 spiro atoms. The number of ether oxygens (including phenoxy) is 1. The molecule has 158 valence electrons. The van der Waals surface area contributed by atoms with E-state index >= 15 is 0 Å². The van der Waals surface area contributed by atoms with Gasteiger partial charge < -0.3 is 10.1 Å². The van der Waals surface area contributed by atoms with Crippen LogP contribution in [-0.2, 0) is 10.0 Å². The van der Waals surface area contributed by atoms with E-state index in [1.807, 2.05) is 20.1 Å². The number of hydrogen-bond donors (Lipinski definition) is 1. The number of sulfonamides is 1. The fourth-order valence-corrected chi connectivity index (χ4v) is 4.78. The molecule has 0 saturated carbocycles. The Hall–Kier alpha value is -2.10. The van der Waals surface area contributed by atoms with Gasteiger partial charge >= 0.3 is 0 Å². The molecule has 0 bridgehead atoms. The SMILES string of the molecule is CCN(CC)S(=O)(=O)c1ccc(OC(C)C)c(NC(=O)c2cccnc2SC)c1. The van der Waals surface area contributed by atoms with Crippen molar-refractivity contribution in [1.82, 2.24) is 9.29 Å². The third-order valence-corrected chi connectivity index (χ3v) is 6.87. The van der Waals surface area contributed by atoms with Crippen molar-refractivity contribution in [3.63, 3.8) is 0 Å². The zero-order valence-corrected chi connectivity index (χ0v) is 18.9. The van der Waals surface area contributed by atoms with Crippen molar-refractivity contribution in [2.45, 2.75) is 43.7 Å². The Morgan fingerprint density at radius 2 is 1.93 bits per heavy atom. The number of amides is 1. The number of aromatic nitrogens is 1.